The molecule has 3 atom stereocenters. The number of nitrogens with one attached hydrogen (secondary N) is 1. The van der Waals surface area contributed by atoms with Crippen LogP contribution in [0.1, 0.15) is 48.2 Å². The number of sulfonamides is 1. The van der Waals surface area contributed by atoms with Crippen molar-refractivity contribution in [3.63, 3.8) is 0 Å². The minimum absolute atomic E-state index is 0.0473. The highest BCUT2D eigenvalue weighted by Crippen LogP contribution is 2.46. The van der Waals surface area contributed by atoms with Crippen molar-refractivity contribution in [3.05, 3.63) is 82.2 Å². The third kappa shape index (κ3) is 5.00. The second kappa shape index (κ2) is 10.5. The average molecular weight is 607 g/mol. The summed E-state index contributed by atoms with van der Waals surface area (Å²) in [5.74, 6) is 0.925. The number of carbonyl (C=O) groups is 1. The second-order valence-corrected chi connectivity index (χ2v) is 14.4. The number of hydrogen-bond acceptors (Lipinski definition) is 6. The summed E-state index contributed by atoms with van der Waals surface area (Å²) in [4.78, 5) is 15.2. The quantitative estimate of drug-likeness (QED) is 0.364. The number of aromatic nitrogens is 2. The zero-order valence-corrected chi connectivity index (χ0v) is 25.3. The van der Waals surface area contributed by atoms with Crippen molar-refractivity contribution >= 4 is 33.2 Å². The molecule has 220 valence electrons. The largest absolute Gasteiger partial charge is 0.490 e. The van der Waals surface area contributed by atoms with Gasteiger partial charge in [0, 0.05) is 29.2 Å². The molecule has 1 saturated carbocycles. The van der Waals surface area contributed by atoms with E-state index in [9.17, 15) is 13.2 Å². The Balaban J connectivity index is 1.30. The van der Waals surface area contributed by atoms with Gasteiger partial charge in [0.1, 0.15) is 5.75 Å². The maximum Gasteiger partial charge on any atom is 0.264 e. The van der Waals surface area contributed by atoms with Crippen LogP contribution in [0.2, 0.25) is 5.02 Å². The van der Waals surface area contributed by atoms with Crippen LogP contribution in [0.5, 0.6) is 5.75 Å². The van der Waals surface area contributed by atoms with Crippen LogP contribution in [0.4, 0.5) is 5.69 Å². The summed E-state index contributed by atoms with van der Waals surface area (Å²) in [6.45, 7) is 4.57. The molecule has 0 unspecified atom stereocenters. The minimum Gasteiger partial charge on any atom is -0.490 e. The van der Waals surface area contributed by atoms with Gasteiger partial charge in [-0.15, -0.1) is 0 Å². The van der Waals surface area contributed by atoms with Gasteiger partial charge in [-0.1, -0.05) is 29.8 Å². The summed E-state index contributed by atoms with van der Waals surface area (Å²) < 4.78 is 37.5. The predicted octanol–water partition coefficient (Wildman–Crippen LogP) is 4.96. The summed E-state index contributed by atoms with van der Waals surface area (Å²) in [6.07, 6.45) is 9.60. The molecule has 3 heterocycles. The first kappa shape index (κ1) is 27.5. The molecule has 2 aliphatic heterocycles. The maximum atomic E-state index is 13.4. The number of allylic oxidation sites excluding steroid dienone is 2. The van der Waals surface area contributed by atoms with Gasteiger partial charge in [-0.05, 0) is 98.4 Å². The van der Waals surface area contributed by atoms with Crippen LogP contribution < -0.4 is 14.4 Å². The van der Waals surface area contributed by atoms with Gasteiger partial charge < -0.3 is 9.64 Å². The second-order valence-electron chi connectivity index (χ2n) is 12.3. The number of hydrogen-bond donors (Lipinski definition) is 1. The van der Waals surface area contributed by atoms with Gasteiger partial charge in [0.2, 0.25) is 5.91 Å². The van der Waals surface area contributed by atoms with Crippen molar-refractivity contribution in [3.8, 4) is 5.75 Å². The number of nitrogens with zero attached hydrogens (tertiary/aromatic N) is 3. The molecular weight excluding hydrogens is 572 g/mol. The fourth-order valence-corrected chi connectivity index (χ4v) is 8.41. The minimum atomic E-state index is -4.11. The Morgan fingerprint density at radius 1 is 1.14 bits per heavy atom. The van der Waals surface area contributed by atoms with Gasteiger partial charge >= 0.3 is 0 Å². The lowest BCUT2D eigenvalue weighted by atomic mass is 9.69. The zero-order chi connectivity index (χ0) is 29.1. The van der Waals surface area contributed by atoms with E-state index >= 15 is 0 Å². The van der Waals surface area contributed by atoms with Gasteiger partial charge in [-0.3, -0.25) is 9.48 Å². The molecule has 1 amide bonds. The van der Waals surface area contributed by atoms with E-state index in [-0.39, 0.29) is 16.7 Å². The van der Waals surface area contributed by atoms with Crippen LogP contribution in [0.25, 0.3) is 0 Å². The Kier molecular flexibility index (Phi) is 6.85. The van der Waals surface area contributed by atoms with E-state index in [1.165, 1.54) is 17.2 Å². The van der Waals surface area contributed by atoms with Gasteiger partial charge in [-0.2, -0.15) is 5.10 Å². The maximum absolute atomic E-state index is 13.4. The monoisotopic (exact) mass is 606 g/mol. The number of halogens is 1. The highest BCUT2D eigenvalue weighted by Gasteiger charge is 2.43. The van der Waals surface area contributed by atoms with Crippen molar-refractivity contribution in [1.29, 1.82) is 0 Å². The molecule has 4 aliphatic rings. The number of aryl methyl sites for hydroxylation is 2. The normalized spacial score (nSPS) is 27.4. The molecule has 0 saturated heterocycles. The molecule has 2 aliphatic carbocycles. The molecule has 1 N–H and O–H groups in total. The van der Waals surface area contributed by atoms with E-state index in [0.717, 1.165) is 55.1 Å². The first-order chi connectivity index (χ1) is 20.2. The Morgan fingerprint density at radius 3 is 2.86 bits per heavy atom. The number of rotatable bonds is 0. The van der Waals surface area contributed by atoms with Crippen molar-refractivity contribution in [2.45, 2.75) is 62.3 Å². The molecular formula is C32H35ClN4O4S. The highest BCUT2D eigenvalue weighted by atomic mass is 35.5. The summed E-state index contributed by atoms with van der Waals surface area (Å²) in [5, 5.41) is 5.29. The van der Waals surface area contributed by atoms with Crippen LogP contribution >= 0.6 is 11.6 Å². The molecule has 4 bridgehead atoms. The Labute approximate surface area is 251 Å². The van der Waals surface area contributed by atoms with Gasteiger partial charge in [0.25, 0.3) is 10.0 Å². The standard InChI is InChI=1S/C32H35ClN4O4S/c1-21-14-26-16-31(38)35-42(39,40)27-9-11-30-29(17-27)36(18-24-7-6-22(24)5-3-13-37(21)34-26)19-32(20-41-30)12-2-4-23-15-25(33)8-10-28(23)32/h3,5,8-11,14-15,17,22,24H,2,4,6-7,12-13,16,18-20H2,1H3,(H,35,38)/b5-3+/t22-,24+,32+/m1/s1. The number of anilines is 1. The van der Waals surface area contributed by atoms with Crippen LogP contribution in [0.3, 0.4) is 0 Å². The topological polar surface area (TPSA) is 93.5 Å². The lowest BCUT2D eigenvalue weighted by molar-refractivity contribution is -0.118. The Hall–Kier alpha value is -3.30. The summed E-state index contributed by atoms with van der Waals surface area (Å²) in [7, 11) is -4.11. The number of ether oxygens (including phenoxy) is 1. The summed E-state index contributed by atoms with van der Waals surface area (Å²) >= 11 is 6.39. The van der Waals surface area contributed by atoms with Crippen molar-refractivity contribution in [1.82, 2.24) is 14.5 Å². The molecule has 2 aromatic carbocycles. The highest BCUT2D eigenvalue weighted by molar-refractivity contribution is 7.90. The lowest BCUT2D eigenvalue weighted by Crippen LogP contribution is -2.48. The molecule has 10 heteroatoms. The Morgan fingerprint density at radius 2 is 2.02 bits per heavy atom. The molecule has 1 fully saturated rings. The molecule has 8 nitrogen and oxygen atoms in total. The third-order valence-electron chi connectivity index (χ3n) is 9.53. The number of amides is 1. The van der Waals surface area contributed by atoms with Crippen molar-refractivity contribution in [2.75, 3.05) is 24.6 Å². The fraction of sp³-hybridized carbons (Fsp3) is 0.438. The zero-order valence-electron chi connectivity index (χ0n) is 23.7. The Bertz CT molecular complexity index is 1700. The van der Waals surface area contributed by atoms with Crippen molar-refractivity contribution in [2.24, 2.45) is 11.8 Å². The molecule has 3 aromatic rings. The summed E-state index contributed by atoms with van der Waals surface area (Å²) in [5.41, 5.74) is 4.53. The van der Waals surface area contributed by atoms with Crippen molar-refractivity contribution < 1.29 is 17.9 Å². The molecule has 42 heavy (non-hydrogen) atoms. The van der Waals surface area contributed by atoms with E-state index in [1.54, 1.807) is 12.1 Å². The van der Waals surface area contributed by atoms with E-state index in [1.807, 2.05) is 23.7 Å². The number of benzene rings is 2. The molecule has 1 spiro atoms. The van der Waals surface area contributed by atoms with E-state index in [4.69, 9.17) is 16.3 Å². The first-order valence-corrected chi connectivity index (χ1v) is 16.6. The molecule has 7 rings (SSSR count). The van der Waals surface area contributed by atoms with E-state index in [2.05, 4.69) is 39.0 Å². The van der Waals surface area contributed by atoms with Crippen LogP contribution in [0, 0.1) is 18.8 Å². The first-order valence-electron chi connectivity index (χ1n) is 14.8. The fourth-order valence-electron chi connectivity index (χ4n) is 7.21. The van der Waals surface area contributed by atoms with Gasteiger partial charge in [-0.25, -0.2) is 13.1 Å². The number of carbonyl (C=O) groups excluding carboxylic acids is 1. The van der Waals surface area contributed by atoms with Crippen LogP contribution in [0.15, 0.2) is 59.5 Å². The average Bonchev–Trinajstić information content (AvgIpc) is 3.20. The van der Waals surface area contributed by atoms with Crippen LogP contribution in [-0.4, -0.2) is 43.8 Å². The molecule has 0 radical (unpaired) electrons. The lowest BCUT2D eigenvalue weighted by Gasteiger charge is -2.44. The third-order valence-corrected chi connectivity index (χ3v) is 11.1. The predicted molar refractivity (Wildman–Crippen MR) is 162 cm³/mol. The van der Waals surface area contributed by atoms with Gasteiger partial charge in [0.05, 0.1) is 35.8 Å². The SMILES string of the molecule is Cc1cc2nn1C/C=C/[C@@H]1CC[C@H]1CN1C[C@@]3(CCCc4cc(Cl)ccc43)COc3ccc(cc31)S(=O)(=O)NC(=O)C2. The van der Waals surface area contributed by atoms with Crippen LogP contribution in [-0.2, 0) is 39.6 Å². The van der Waals surface area contributed by atoms with E-state index in [0.29, 0.717) is 43.0 Å². The number of fused-ring (bicyclic) bond motifs is 6. The van der Waals surface area contributed by atoms with Gasteiger partial charge in [0.15, 0.2) is 0 Å². The van der Waals surface area contributed by atoms with E-state index < -0.39 is 15.9 Å². The summed E-state index contributed by atoms with van der Waals surface area (Å²) in [6, 6.07) is 13.0. The smallest absolute Gasteiger partial charge is 0.264 e. The molecule has 1 aromatic heterocycles.